The van der Waals surface area contributed by atoms with Crippen LogP contribution in [0, 0.1) is 0 Å². The standard InChI is InChI=1S/C42H77NO9/c1-4-6-8-10-12-13-14-15-16-17-18-19-21-25-30-36(46)41(50)43-34(32-51-42-40(49)39(48)38(47)37(31-44)52-42)35(45)29-26-22-24-28-33(3)27-23-20-11-9-7-5-2/h25-26,28-30,34-40,42,44-49H,4-24,27,31-32H2,1-3H3,(H,43,50). The molecule has 7 N–H and O–H groups in total. The van der Waals surface area contributed by atoms with Gasteiger partial charge in [0.25, 0.3) is 5.91 Å². The number of carbonyl (C=O) groups excluding carboxylic acids is 1. The van der Waals surface area contributed by atoms with Crippen LogP contribution in [-0.2, 0) is 14.3 Å². The van der Waals surface area contributed by atoms with E-state index in [1.54, 1.807) is 12.2 Å². The lowest BCUT2D eigenvalue weighted by Crippen LogP contribution is -2.60. The fraction of sp³-hybridized carbons (Fsp3) is 0.833. The van der Waals surface area contributed by atoms with E-state index in [4.69, 9.17) is 9.47 Å². The van der Waals surface area contributed by atoms with Crippen molar-refractivity contribution in [3.8, 4) is 0 Å². The maximum Gasteiger partial charge on any atom is 0.253 e. The lowest BCUT2D eigenvalue weighted by Gasteiger charge is -2.40. The van der Waals surface area contributed by atoms with Gasteiger partial charge in [-0.3, -0.25) is 4.79 Å². The van der Waals surface area contributed by atoms with Crippen molar-refractivity contribution in [3.63, 3.8) is 0 Å². The first kappa shape index (κ1) is 48.4. The largest absolute Gasteiger partial charge is 0.394 e. The van der Waals surface area contributed by atoms with E-state index in [9.17, 15) is 35.4 Å². The summed E-state index contributed by atoms with van der Waals surface area (Å²) in [6.45, 7) is 5.66. The Balaban J connectivity index is 2.60. The van der Waals surface area contributed by atoms with Crippen molar-refractivity contribution in [2.24, 2.45) is 0 Å². The number of rotatable bonds is 32. The zero-order valence-corrected chi connectivity index (χ0v) is 32.9. The number of amides is 1. The van der Waals surface area contributed by atoms with E-state index in [0.29, 0.717) is 6.42 Å². The number of ether oxygens (including phenoxy) is 2. The number of aliphatic hydroxyl groups is 6. The third-order valence-electron chi connectivity index (χ3n) is 9.92. The molecule has 0 aromatic heterocycles. The quantitative estimate of drug-likeness (QED) is 0.0294. The van der Waals surface area contributed by atoms with Crippen molar-refractivity contribution in [3.05, 3.63) is 36.0 Å². The summed E-state index contributed by atoms with van der Waals surface area (Å²) in [5.41, 5.74) is 1.35. The second-order valence-electron chi connectivity index (χ2n) is 14.8. The number of aliphatic hydroxyl groups excluding tert-OH is 6. The highest BCUT2D eigenvalue weighted by molar-refractivity contribution is 5.82. The zero-order valence-electron chi connectivity index (χ0n) is 32.9. The van der Waals surface area contributed by atoms with E-state index in [1.165, 1.54) is 114 Å². The summed E-state index contributed by atoms with van der Waals surface area (Å²) in [5, 5.41) is 64.3. The Kier molecular flexibility index (Phi) is 29.5. The fourth-order valence-corrected chi connectivity index (χ4v) is 6.40. The highest BCUT2D eigenvalue weighted by Crippen LogP contribution is 2.22. The summed E-state index contributed by atoms with van der Waals surface area (Å²) >= 11 is 0. The molecule has 304 valence electrons. The molecule has 1 aliphatic rings. The van der Waals surface area contributed by atoms with Gasteiger partial charge in [0.15, 0.2) is 12.4 Å². The molecule has 0 radical (unpaired) electrons. The first-order valence-corrected chi connectivity index (χ1v) is 20.7. The number of unbranched alkanes of at least 4 members (excludes halogenated alkanes) is 18. The van der Waals surface area contributed by atoms with Crippen molar-refractivity contribution in [2.45, 2.75) is 211 Å². The summed E-state index contributed by atoms with van der Waals surface area (Å²) in [6.07, 6.45) is 24.9. The van der Waals surface area contributed by atoms with Crippen LogP contribution in [0.1, 0.15) is 162 Å². The van der Waals surface area contributed by atoms with Gasteiger partial charge in [0.05, 0.1) is 25.4 Å². The summed E-state index contributed by atoms with van der Waals surface area (Å²) < 4.78 is 11.1. The van der Waals surface area contributed by atoms with Crippen LogP contribution < -0.4 is 5.32 Å². The fourth-order valence-electron chi connectivity index (χ4n) is 6.40. The van der Waals surface area contributed by atoms with Gasteiger partial charge in [-0.15, -0.1) is 0 Å². The van der Waals surface area contributed by atoms with Gasteiger partial charge in [0.2, 0.25) is 0 Å². The third-order valence-corrected chi connectivity index (χ3v) is 9.92. The lowest BCUT2D eigenvalue weighted by atomic mass is 9.99. The van der Waals surface area contributed by atoms with Crippen LogP contribution in [0.3, 0.4) is 0 Å². The SMILES string of the molecule is CCCCCCCCCCCCCCC=CC(O)C(=O)NC(COC1OC(CO)C(O)C(O)C1O)C(O)C=CCCC=C(C)CCCCCCCC. The van der Waals surface area contributed by atoms with E-state index >= 15 is 0 Å². The predicted molar refractivity (Wildman–Crippen MR) is 209 cm³/mol. The molecule has 10 nitrogen and oxygen atoms in total. The molecular formula is C42H77NO9. The lowest BCUT2D eigenvalue weighted by molar-refractivity contribution is -0.302. The van der Waals surface area contributed by atoms with E-state index in [1.807, 2.05) is 6.08 Å². The molecule has 8 unspecified atom stereocenters. The van der Waals surface area contributed by atoms with Gasteiger partial charge >= 0.3 is 0 Å². The van der Waals surface area contributed by atoms with Crippen LogP contribution in [0.4, 0.5) is 0 Å². The normalized spacial score (nSPS) is 23.0. The highest BCUT2D eigenvalue weighted by Gasteiger charge is 2.44. The van der Waals surface area contributed by atoms with Gasteiger partial charge in [-0.25, -0.2) is 0 Å². The Hall–Kier alpha value is -1.63. The summed E-state index contributed by atoms with van der Waals surface area (Å²) in [6, 6.07) is -1.03. The van der Waals surface area contributed by atoms with E-state index < -0.39 is 61.5 Å². The Morgan fingerprint density at radius 2 is 1.25 bits per heavy atom. The zero-order chi connectivity index (χ0) is 38.4. The number of hydrogen-bond donors (Lipinski definition) is 7. The number of carbonyl (C=O) groups is 1. The van der Waals surface area contributed by atoms with Gasteiger partial charge < -0.3 is 45.4 Å². The first-order valence-electron chi connectivity index (χ1n) is 20.7. The van der Waals surface area contributed by atoms with E-state index in [0.717, 1.165) is 32.1 Å². The Morgan fingerprint density at radius 1 is 0.712 bits per heavy atom. The molecule has 1 rings (SSSR count). The topological polar surface area (TPSA) is 169 Å². The minimum absolute atomic E-state index is 0.341. The third kappa shape index (κ3) is 22.6. The van der Waals surface area contributed by atoms with E-state index in [2.05, 4.69) is 32.2 Å². The molecule has 0 aromatic carbocycles. The molecular weight excluding hydrogens is 662 g/mol. The Morgan fingerprint density at radius 3 is 1.83 bits per heavy atom. The van der Waals surface area contributed by atoms with Crippen LogP contribution in [0.5, 0.6) is 0 Å². The predicted octanol–water partition coefficient (Wildman–Crippen LogP) is 6.69. The van der Waals surface area contributed by atoms with Crippen molar-refractivity contribution in [1.29, 1.82) is 0 Å². The van der Waals surface area contributed by atoms with Gasteiger partial charge in [0, 0.05) is 0 Å². The highest BCUT2D eigenvalue weighted by atomic mass is 16.7. The van der Waals surface area contributed by atoms with Crippen LogP contribution in [0.25, 0.3) is 0 Å². The molecule has 0 aliphatic carbocycles. The van der Waals surface area contributed by atoms with Crippen molar-refractivity contribution in [2.75, 3.05) is 13.2 Å². The Bertz CT molecular complexity index is 956. The molecule has 1 fully saturated rings. The second-order valence-corrected chi connectivity index (χ2v) is 14.8. The minimum Gasteiger partial charge on any atom is -0.394 e. The summed E-state index contributed by atoms with van der Waals surface area (Å²) in [5.74, 6) is -0.714. The van der Waals surface area contributed by atoms with Gasteiger partial charge in [-0.05, 0) is 45.4 Å². The number of nitrogens with one attached hydrogen (secondary N) is 1. The molecule has 0 saturated carbocycles. The minimum atomic E-state index is -1.62. The van der Waals surface area contributed by atoms with Crippen molar-refractivity contribution in [1.82, 2.24) is 5.32 Å². The summed E-state index contributed by atoms with van der Waals surface area (Å²) in [4.78, 5) is 12.9. The molecule has 0 aromatic rings. The Labute approximate surface area is 315 Å². The average molecular weight is 740 g/mol. The smallest absolute Gasteiger partial charge is 0.253 e. The maximum absolute atomic E-state index is 12.9. The number of hydrogen-bond acceptors (Lipinski definition) is 9. The first-order chi connectivity index (χ1) is 25.2. The summed E-state index contributed by atoms with van der Waals surface area (Å²) in [7, 11) is 0. The molecule has 52 heavy (non-hydrogen) atoms. The molecule has 8 atom stereocenters. The van der Waals surface area contributed by atoms with Crippen LogP contribution >= 0.6 is 0 Å². The molecule has 0 bridgehead atoms. The maximum atomic E-state index is 12.9. The molecule has 1 amide bonds. The van der Waals surface area contributed by atoms with Gasteiger partial charge in [0.1, 0.15) is 24.4 Å². The second kappa shape index (κ2) is 31.7. The monoisotopic (exact) mass is 740 g/mol. The van der Waals surface area contributed by atoms with Crippen LogP contribution in [0.2, 0.25) is 0 Å². The van der Waals surface area contributed by atoms with Crippen LogP contribution in [-0.4, -0.2) is 98.7 Å². The molecule has 0 spiro atoms. The molecule has 1 saturated heterocycles. The van der Waals surface area contributed by atoms with Gasteiger partial charge in [-0.2, -0.15) is 0 Å². The van der Waals surface area contributed by atoms with E-state index in [-0.39, 0.29) is 6.61 Å². The molecule has 1 heterocycles. The van der Waals surface area contributed by atoms with Crippen molar-refractivity contribution < 1.29 is 44.9 Å². The average Bonchev–Trinajstić information content (AvgIpc) is 3.14. The van der Waals surface area contributed by atoms with Crippen LogP contribution in [0.15, 0.2) is 36.0 Å². The molecule has 1 aliphatic heterocycles. The molecule has 10 heteroatoms. The van der Waals surface area contributed by atoms with Gasteiger partial charge in [-0.1, -0.05) is 153 Å². The van der Waals surface area contributed by atoms with Crippen molar-refractivity contribution >= 4 is 5.91 Å². The number of allylic oxidation sites excluding steroid dienone is 4.